The van der Waals surface area contributed by atoms with Crippen molar-refractivity contribution in [1.29, 1.82) is 0 Å². The molecule has 0 fully saturated rings. The van der Waals surface area contributed by atoms with E-state index in [1.54, 1.807) is 0 Å². The largest absolute Gasteiger partial charge is 0.393 e. The lowest BCUT2D eigenvalue weighted by molar-refractivity contribution is -0.424. The monoisotopic (exact) mass is 465 g/mol. The Hall–Kier alpha value is -2.54. The molecule has 0 aromatic heterocycles. The molecule has 0 amide bonds. The van der Waals surface area contributed by atoms with Gasteiger partial charge in [-0.2, -0.15) is 13.2 Å². The SMILES string of the molecule is C#C/C=C(\C)[N+](=O)[O-].C=C(CNc1cc(Cl)c(Cl)cc1N=CCC(F)(F)F)COC. The Morgan fingerprint density at radius 3 is 2.50 bits per heavy atom. The molecule has 0 aliphatic carbocycles. The van der Waals surface area contributed by atoms with Crippen LogP contribution in [0.5, 0.6) is 0 Å². The fourth-order valence-corrected chi connectivity index (χ4v) is 2.00. The second-order valence-corrected chi connectivity index (χ2v) is 6.47. The third-order valence-corrected chi connectivity index (χ3v) is 3.77. The zero-order chi connectivity index (χ0) is 23.3. The summed E-state index contributed by atoms with van der Waals surface area (Å²) in [4.78, 5) is 13.0. The van der Waals surface area contributed by atoms with Gasteiger partial charge in [0.1, 0.15) is 0 Å². The number of nitrogens with zero attached hydrogens (tertiary/aromatic N) is 2. The maximum Gasteiger partial charge on any atom is 0.393 e. The van der Waals surface area contributed by atoms with Crippen molar-refractivity contribution in [3.63, 3.8) is 0 Å². The summed E-state index contributed by atoms with van der Waals surface area (Å²) in [7, 11) is 1.54. The molecule has 30 heavy (non-hydrogen) atoms. The molecule has 0 unspecified atom stereocenters. The predicted octanol–water partition coefficient (Wildman–Crippen LogP) is 6.06. The molecule has 164 valence electrons. The van der Waals surface area contributed by atoms with Crippen molar-refractivity contribution < 1.29 is 22.8 Å². The summed E-state index contributed by atoms with van der Waals surface area (Å²) in [6.45, 7) is 5.87. The fourth-order valence-electron chi connectivity index (χ4n) is 1.68. The molecular formula is C19H20Cl2F3N3O3. The average molecular weight is 466 g/mol. The molecule has 0 spiro atoms. The van der Waals surface area contributed by atoms with Crippen molar-refractivity contribution in [1.82, 2.24) is 0 Å². The number of halogens is 5. The summed E-state index contributed by atoms with van der Waals surface area (Å²) < 4.78 is 41.4. The number of nitrogens with one attached hydrogen (secondary N) is 1. The van der Waals surface area contributed by atoms with Gasteiger partial charge in [-0.15, -0.1) is 6.42 Å². The van der Waals surface area contributed by atoms with Crippen LogP contribution in [-0.2, 0) is 4.74 Å². The Morgan fingerprint density at radius 1 is 1.43 bits per heavy atom. The Morgan fingerprint density at radius 2 is 2.03 bits per heavy atom. The molecular weight excluding hydrogens is 446 g/mol. The normalized spacial score (nSPS) is 11.5. The van der Waals surface area contributed by atoms with Gasteiger partial charge in [-0.3, -0.25) is 15.1 Å². The first-order valence-corrected chi connectivity index (χ1v) is 8.92. The van der Waals surface area contributed by atoms with Gasteiger partial charge in [-0.25, -0.2) is 0 Å². The highest BCUT2D eigenvalue weighted by Gasteiger charge is 2.25. The predicted molar refractivity (Wildman–Crippen MR) is 114 cm³/mol. The maximum absolute atomic E-state index is 12.2. The second-order valence-electron chi connectivity index (χ2n) is 5.66. The smallest absolute Gasteiger partial charge is 0.380 e. The zero-order valence-electron chi connectivity index (χ0n) is 16.2. The average Bonchev–Trinajstić information content (AvgIpc) is 2.63. The maximum atomic E-state index is 12.2. The minimum absolute atomic E-state index is 0.00694. The number of hydrogen-bond acceptors (Lipinski definition) is 5. The van der Waals surface area contributed by atoms with Crippen LogP contribution in [0.25, 0.3) is 0 Å². The lowest BCUT2D eigenvalue weighted by Gasteiger charge is -2.12. The van der Waals surface area contributed by atoms with E-state index in [1.807, 2.05) is 5.92 Å². The van der Waals surface area contributed by atoms with Crippen LogP contribution in [-0.4, -0.2) is 37.6 Å². The highest BCUT2D eigenvalue weighted by atomic mass is 35.5. The summed E-state index contributed by atoms with van der Waals surface area (Å²) in [5.41, 5.74) is 1.49. The van der Waals surface area contributed by atoms with Crippen LogP contribution >= 0.6 is 23.2 Å². The number of allylic oxidation sites excluding steroid dienone is 2. The third kappa shape index (κ3) is 12.1. The fraction of sp³-hybridized carbons (Fsp3) is 0.316. The molecule has 0 aliphatic heterocycles. The standard InChI is InChI=1S/C14H15Cl2F3N2O.C5H5NO2/c1-9(8-22-2)7-21-13-6-11(16)10(15)5-12(13)20-4-3-14(17,18)19;1-3-4-5(2)6(7)8/h4-6,21H,1,3,7-8H2,2H3;1,4H,2H3/b;5-4+. The van der Waals surface area contributed by atoms with Gasteiger partial charge in [0.25, 0.3) is 5.70 Å². The third-order valence-electron chi connectivity index (χ3n) is 3.05. The number of methoxy groups -OCH3 is 1. The first-order valence-electron chi connectivity index (χ1n) is 8.16. The number of benzene rings is 1. The first-order chi connectivity index (χ1) is 13.9. The molecule has 11 heteroatoms. The Balaban J connectivity index is 0.000000890. The van der Waals surface area contributed by atoms with Gasteiger partial charge < -0.3 is 10.1 Å². The van der Waals surface area contributed by atoms with Crippen molar-refractivity contribution >= 4 is 40.8 Å². The highest BCUT2D eigenvalue weighted by Crippen LogP contribution is 2.34. The Kier molecular flexibility index (Phi) is 12.5. The number of terminal acetylenes is 1. The van der Waals surface area contributed by atoms with Gasteiger partial charge >= 0.3 is 6.18 Å². The molecule has 0 aliphatic rings. The molecule has 0 saturated heterocycles. The van der Waals surface area contributed by atoms with Crippen LogP contribution in [0.15, 0.2) is 41.1 Å². The van der Waals surface area contributed by atoms with Gasteiger partial charge in [-0.1, -0.05) is 35.7 Å². The quantitative estimate of drug-likeness (QED) is 0.166. The zero-order valence-corrected chi connectivity index (χ0v) is 17.7. The second kappa shape index (κ2) is 13.6. The molecule has 0 radical (unpaired) electrons. The minimum atomic E-state index is -4.31. The van der Waals surface area contributed by atoms with Crippen molar-refractivity contribution in [3.05, 3.63) is 56.2 Å². The molecule has 6 nitrogen and oxygen atoms in total. The van der Waals surface area contributed by atoms with Crippen molar-refractivity contribution in [2.75, 3.05) is 25.6 Å². The van der Waals surface area contributed by atoms with E-state index in [4.69, 9.17) is 34.4 Å². The first kappa shape index (κ1) is 27.5. The van der Waals surface area contributed by atoms with Gasteiger partial charge in [0.2, 0.25) is 0 Å². The summed E-state index contributed by atoms with van der Waals surface area (Å²) in [5.74, 6) is 2.05. The Labute approximate surface area is 182 Å². The number of aliphatic imine (C=N–C) groups is 1. The molecule has 1 N–H and O–H groups in total. The van der Waals surface area contributed by atoms with E-state index in [2.05, 4.69) is 16.9 Å². The van der Waals surface area contributed by atoms with E-state index in [-0.39, 0.29) is 21.4 Å². The number of anilines is 1. The molecule has 1 aromatic rings. The van der Waals surface area contributed by atoms with Gasteiger partial charge in [0.15, 0.2) is 0 Å². The summed E-state index contributed by atoms with van der Waals surface area (Å²) in [5, 5.41) is 13.2. The number of nitro groups is 1. The van der Waals surface area contributed by atoms with Gasteiger partial charge in [0.05, 0.1) is 45.4 Å². The summed E-state index contributed by atoms with van der Waals surface area (Å²) in [6.07, 6.45) is 1.21. The molecule has 0 heterocycles. The van der Waals surface area contributed by atoms with Crippen LogP contribution < -0.4 is 5.32 Å². The van der Waals surface area contributed by atoms with Crippen LogP contribution in [0.2, 0.25) is 10.0 Å². The summed E-state index contributed by atoms with van der Waals surface area (Å²) in [6, 6.07) is 2.91. The van der Waals surface area contributed by atoms with Crippen molar-refractivity contribution in [2.24, 2.45) is 4.99 Å². The lowest BCUT2D eigenvalue weighted by atomic mass is 10.2. The molecule has 0 atom stereocenters. The molecule has 1 aromatic carbocycles. The number of rotatable bonds is 8. The Bertz CT molecular complexity index is 848. The van der Waals surface area contributed by atoms with E-state index in [0.29, 0.717) is 18.8 Å². The van der Waals surface area contributed by atoms with E-state index < -0.39 is 17.5 Å². The number of ether oxygens (including phenoxy) is 1. The number of alkyl halides is 3. The molecule has 0 saturated carbocycles. The van der Waals surface area contributed by atoms with Crippen LogP contribution in [0.1, 0.15) is 13.3 Å². The van der Waals surface area contributed by atoms with Gasteiger partial charge in [0, 0.05) is 26.8 Å². The molecule has 1 rings (SSSR count). The summed E-state index contributed by atoms with van der Waals surface area (Å²) >= 11 is 11.8. The van der Waals surface area contributed by atoms with Crippen molar-refractivity contribution in [3.8, 4) is 12.3 Å². The minimum Gasteiger partial charge on any atom is -0.380 e. The van der Waals surface area contributed by atoms with E-state index in [9.17, 15) is 23.3 Å². The topological polar surface area (TPSA) is 76.8 Å². The van der Waals surface area contributed by atoms with E-state index >= 15 is 0 Å². The van der Waals surface area contributed by atoms with Crippen molar-refractivity contribution in [2.45, 2.75) is 19.5 Å². The van der Waals surface area contributed by atoms with E-state index in [1.165, 1.54) is 26.2 Å². The number of hydrogen-bond donors (Lipinski definition) is 1. The van der Waals surface area contributed by atoms with Crippen LogP contribution in [0.4, 0.5) is 24.5 Å². The highest BCUT2D eigenvalue weighted by molar-refractivity contribution is 6.42. The lowest BCUT2D eigenvalue weighted by Crippen LogP contribution is -2.08. The van der Waals surface area contributed by atoms with E-state index in [0.717, 1.165) is 17.9 Å². The van der Waals surface area contributed by atoms with Gasteiger partial charge in [-0.05, 0) is 17.7 Å². The van der Waals surface area contributed by atoms with Crippen LogP contribution in [0.3, 0.4) is 0 Å². The molecule has 0 bridgehead atoms. The van der Waals surface area contributed by atoms with Crippen LogP contribution in [0, 0.1) is 22.5 Å².